The molecule has 0 radical (unpaired) electrons. The highest BCUT2D eigenvalue weighted by Gasteiger charge is 2.32. The number of nitrogens with zero attached hydrogens (tertiary/aromatic N) is 1. The van der Waals surface area contributed by atoms with Gasteiger partial charge in [0.2, 0.25) is 0 Å². The Morgan fingerprint density at radius 2 is 2.22 bits per heavy atom. The number of carbonyl (C=O) groups is 2. The van der Waals surface area contributed by atoms with Gasteiger partial charge in [-0.2, -0.15) is 0 Å². The Labute approximate surface area is 143 Å². The van der Waals surface area contributed by atoms with Gasteiger partial charge < -0.3 is 19.4 Å². The average Bonchev–Trinajstić information content (AvgIpc) is 2.76. The quantitative estimate of drug-likeness (QED) is 0.559. The third-order valence-corrected chi connectivity index (χ3v) is 4.34. The standard InChI is InChI=1S/C15H15NO5S2/c1-3-21-13-9(5-4-6-10(13)20-2)7-11-14(19)16(8-12(17)18)15(22)23-11/h4-7H,3,8H2,1-2H3,(H,17,18)/p-1/b11-7-. The van der Waals surface area contributed by atoms with Gasteiger partial charge in [0.25, 0.3) is 5.91 Å². The van der Waals surface area contributed by atoms with E-state index in [4.69, 9.17) is 21.7 Å². The van der Waals surface area contributed by atoms with Crippen LogP contribution in [0.5, 0.6) is 11.5 Å². The largest absolute Gasteiger partial charge is 0.548 e. The van der Waals surface area contributed by atoms with Crippen molar-refractivity contribution in [2.24, 2.45) is 0 Å². The van der Waals surface area contributed by atoms with Gasteiger partial charge in [0.15, 0.2) is 11.5 Å². The van der Waals surface area contributed by atoms with Crippen LogP contribution >= 0.6 is 24.0 Å². The van der Waals surface area contributed by atoms with Crippen LogP contribution in [0.4, 0.5) is 0 Å². The third-order valence-electron chi connectivity index (χ3n) is 2.97. The molecule has 0 aromatic heterocycles. The SMILES string of the molecule is CCOc1c(/C=C2\SC(=S)N(CC(=O)[O-])C2=O)cccc1OC. The predicted octanol–water partition coefficient (Wildman–Crippen LogP) is 1.04. The van der Waals surface area contributed by atoms with Crippen LogP contribution in [-0.4, -0.2) is 41.4 Å². The van der Waals surface area contributed by atoms with Gasteiger partial charge in [-0.05, 0) is 19.1 Å². The normalized spacial score (nSPS) is 16.1. The fraction of sp³-hybridized carbons (Fsp3) is 0.267. The van der Waals surface area contributed by atoms with Crippen LogP contribution in [0, 0.1) is 0 Å². The van der Waals surface area contributed by atoms with E-state index in [0.29, 0.717) is 28.6 Å². The number of methoxy groups -OCH3 is 1. The summed E-state index contributed by atoms with van der Waals surface area (Å²) in [7, 11) is 1.53. The number of carbonyl (C=O) groups excluding carboxylic acids is 2. The minimum atomic E-state index is -1.36. The van der Waals surface area contributed by atoms with Crippen LogP contribution in [0.3, 0.4) is 0 Å². The van der Waals surface area contributed by atoms with Gasteiger partial charge in [-0.15, -0.1) is 0 Å². The number of carboxylic acid groups (broad SMARTS) is 1. The number of para-hydroxylation sites is 1. The maximum Gasteiger partial charge on any atom is 0.266 e. The number of ether oxygens (including phenoxy) is 2. The molecule has 8 heteroatoms. The number of thiocarbonyl (C=S) groups is 1. The molecule has 1 fully saturated rings. The van der Waals surface area contributed by atoms with Crippen molar-refractivity contribution >= 4 is 46.3 Å². The number of benzene rings is 1. The van der Waals surface area contributed by atoms with Crippen LogP contribution in [0.2, 0.25) is 0 Å². The molecule has 1 saturated heterocycles. The Hall–Kier alpha value is -2.06. The fourth-order valence-corrected chi connectivity index (χ4v) is 3.26. The van der Waals surface area contributed by atoms with E-state index in [-0.39, 0.29) is 4.32 Å². The molecule has 2 rings (SSSR count). The van der Waals surface area contributed by atoms with Gasteiger partial charge in [0.1, 0.15) is 4.32 Å². The highest BCUT2D eigenvalue weighted by molar-refractivity contribution is 8.26. The summed E-state index contributed by atoms with van der Waals surface area (Å²) in [6.45, 7) is 1.72. The minimum absolute atomic E-state index is 0.186. The monoisotopic (exact) mass is 352 g/mol. The van der Waals surface area contributed by atoms with Crippen LogP contribution in [0.15, 0.2) is 23.1 Å². The predicted molar refractivity (Wildman–Crippen MR) is 89.0 cm³/mol. The van der Waals surface area contributed by atoms with Gasteiger partial charge in [0.05, 0.1) is 31.1 Å². The lowest BCUT2D eigenvalue weighted by Gasteiger charge is -2.14. The van der Waals surface area contributed by atoms with Gasteiger partial charge in [-0.3, -0.25) is 9.69 Å². The maximum atomic E-state index is 12.3. The summed E-state index contributed by atoms with van der Waals surface area (Å²) in [5.41, 5.74) is 0.653. The number of carboxylic acids is 1. The fourth-order valence-electron chi connectivity index (χ4n) is 2.01. The molecular formula is C15H14NO5S2-. The van der Waals surface area contributed by atoms with E-state index in [1.807, 2.05) is 6.92 Å². The van der Waals surface area contributed by atoms with E-state index in [0.717, 1.165) is 16.7 Å². The first-order valence-corrected chi connectivity index (χ1v) is 7.95. The maximum absolute atomic E-state index is 12.3. The molecule has 1 aliphatic heterocycles. The van der Waals surface area contributed by atoms with Gasteiger partial charge in [-0.1, -0.05) is 36.1 Å². The molecule has 0 bridgehead atoms. The number of aliphatic carboxylic acids is 1. The van der Waals surface area contributed by atoms with E-state index in [2.05, 4.69) is 0 Å². The Morgan fingerprint density at radius 1 is 1.48 bits per heavy atom. The van der Waals surface area contributed by atoms with Crippen molar-refractivity contribution in [1.29, 1.82) is 0 Å². The molecular weight excluding hydrogens is 338 g/mol. The average molecular weight is 352 g/mol. The van der Waals surface area contributed by atoms with E-state index < -0.39 is 18.4 Å². The van der Waals surface area contributed by atoms with Gasteiger partial charge in [0, 0.05) is 5.56 Å². The molecule has 0 atom stereocenters. The molecule has 1 heterocycles. The minimum Gasteiger partial charge on any atom is -0.548 e. The van der Waals surface area contributed by atoms with E-state index in [9.17, 15) is 14.7 Å². The molecule has 1 aromatic rings. The molecule has 122 valence electrons. The molecule has 0 N–H and O–H groups in total. The molecule has 1 aromatic carbocycles. The Balaban J connectivity index is 2.37. The first-order valence-electron chi connectivity index (χ1n) is 6.73. The molecule has 23 heavy (non-hydrogen) atoms. The van der Waals surface area contributed by atoms with Gasteiger partial charge in [-0.25, -0.2) is 0 Å². The summed E-state index contributed by atoms with van der Waals surface area (Å²) in [4.78, 5) is 24.3. The number of thioether (sulfide) groups is 1. The van der Waals surface area contributed by atoms with E-state index >= 15 is 0 Å². The summed E-state index contributed by atoms with van der Waals surface area (Å²) in [5.74, 6) is -0.762. The number of amides is 1. The van der Waals surface area contributed by atoms with Crippen molar-refractivity contribution in [2.45, 2.75) is 6.92 Å². The second-order valence-corrected chi connectivity index (χ2v) is 6.13. The summed E-state index contributed by atoms with van der Waals surface area (Å²) in [6.07, 6.45) is 1.61. The molecule has 6 nitrogen and oxygen atoms in total. The molecule has 0 spiro atoms. The molecule has 0 aliphatic carbocycles. The number of hydrogen-bond donors (Lipinski definition) is 0. The smallest absolute Gasteiger partial charge is 0.266 e. The summed E-state index contributed by atoms with van der Waals surface area (Å²) in [6, 6.07) is 5.30. The topological polar surface area (TPSA) is 78.9 Å². The lowest BCUT2D eigenvalue weighted by molar-refractivity contribution is -0.305. The van der Waals surface area contributed by atoms with E-state index in [1.165, 1.54) is 7.11 Å². The number of hydrogen-bond acceptors (Lipinski definition) is 7. The zero-order valence-corrected chi connectivity index (χ0v) is 14.2. The first kappa shape index (κ1) is 17.3. The van der Waals surface area contributed by atoms with Crippen molar-refractivity contribution in [3.05, 3.63) is 28.7 Å². The van der Waals surface area contributed by atoms with Gasteiger partial charge >= 0.3 is 0 Å². The Kier molecular flexibility index (Phi) is 5.62. The summed E-state index contributed by atoms with van der Waals surface area (Å²) in [5, 5.41) is 10.7. The van der Waals surface area contributed by atoms with Crippen LogP contribution in [0.1, 0.15) is 12.5 Å². The van der Waals surface area contributed by atoms with Crippen LogP contribution < -0.4 is 14.6 Å². The Morgan fingerprint density at radius 3 is 2.83 bits per heavy atom. The second-order valence-electron chi connectivity index (χ2n) is 4.45. The zero-order chi connectivity index (χ0) is 17.0. The second kappa shape index (κ2) is 7.47. The molecule has 0 saturated carbocycles. The third kappa shape index (κ3) is 3.83. The van der Waals surface area contributed by atoms with Crippen molar-refractivity contribution in [3.63, 3.8) is 0 Å². The molecule has 1 amide bonds. The van der Waals surface area contributed by atoms with Crippen molar-refractivity contribution < 1.29 is 24.2 Å². The lowest BCUT2D eigenvalue weighted by Crippen LogP contribution is -2.40. The van der Waals surface area contributed by atoms with Crippen LogP contribution in [0.25, 0.3) is 6.08 Å². The zero-order valence-electron chi connectivity index (χ0n) is 12.5. The molecule has 0 unspecified atom stereocenters. The lowest BCUT2D eigenvalue weighted by atomic mass is 10.1. The highest BCUT2D eigenvalue weighted by atomic mass is 32.2. The summed E-state index contributed by atoms with van der Waals surface area (Å²) < 4.78 is 11.0. The first-order chi connectivity index (χ1) is 11.0. The summed E-state index contributed by atoms with van der Waals surface area (Å²) >= 11 is 6.08. The van der Waals surface area contributed by atoms with E-state index in [1.54, 1.807) is 24.3 Å². The molecule has 1 aliphatic rings. The van der Waals surface area contributed by atoms with Crippen molar-refractivity contribution in [1.82, 2.24) is 4.90 Å². The van der Waals surface area contributed by atoms with Crippen LogP contribution in [-0.2, 0) is 9.59 Å². The highest BCUT2D eigenvalue weighted by Crippen LogP contribution is 2.37. The van der Waals surface area contributed by atoms with Crippen molar-refractivity contribution in [3.8, 4) is 11.5 Å². The van der Waals surface area contributed by atoms with Crippen molar-refractivity contribution in [2.75, 3.05) is 20.3 Å². The Bertz CT molecular complexity index is 686. The number of rotatable bonds is 6.